The molecule has 0 aliphatic rings. The summed E-state index contributed by atoms with van der Waals surface area (Å²) < 4.78 is 34.5. The van der Waals surface area contributed by atoms with Crippen LogP contribution < -0.4 is 24.4 Å². The molecule has 192 valence electrons. The second kappa shape index (κ2) is 12.0. The third kappa shape index (κ3) is 7.51. The Morgan fingerprint density at radius 2 is 1.78 bits per heavy atom. The Labute approximate surface area is 214 Å². The number of anilines is 1. The number of rotatable bonds is 10. The van der Waals surface area contributed by atoms with E-state index in [0.717, 1.165) is 10.6 Å². The minimum absolute atomic E-state index is 0.162. The number of benzene rings is 2. The largest absolute Gasteiger partial charge is 0.497 e. The van der Waals surface area contributed by atoms with Crippen molar-refractivity contribution in [2.24, 2.45) is 0 Å². The Morgan fingerprint density at radius 3 is 2.36 bits per heavy atom. The smallest absolute Gasteiger partial charge is 0.330 e. The number of carbonyl (C=O) groups excluding carboxylic acids is 2. The molecule has 1 aromatic heterocycles. The first-order valence-corrected chi connectivity index (χ1v) is 13.4. The number of thiazole rings is 1. The predicted molar refractivity (Wildman–Crippen MR) is 139 cm³/mol. The quantitative estimate of drug-likeness (QED) is 0.369. The number of amides is 3. The van der Waals surface area contributed by atoms with Crippen LogP contribution in [0.2, 0.25) is 0 Å². The summed E-state index contributed by atoms with van der Waals surface area (Å²) in [7, 11) is -1.10. The molecule has 10 nitrogen and oxygen atoms in total. The standard InChI is InChI=1S/C24H29N5O5S2/c1-16(22-15-35-17(2)25-22)27-36(32,33)28-24(31)26-21(14-18-8-6-5-7-9-18)23(30)29(3)19-10-12-20(34-4)13-11-19/h5-13,15-16,21,27H,14H2,1-4H3,(H2,26,28,31)/t16?,21-/m0/s1. The third-order valence-corrected chi connectivity index (χ3v) is 7.23. The Balaban J connectivity index is 1.73. The summed E-state index contributed by atoms with van der Waals surface area (Å²) in [6, 6.07) is 13.3. The molecule has 1 unspecified atom stereocenters. The molecule has 1 heterocycles. The van der Waals surface area contributed by atoms with E-state index in [1.165, 1.54) is 16.2 Å². The molecule has 12 heteroatoms. The molecular weight excluding hydrogens is 502 g/mol. The number of likely N-dealkylation sites (N-methyl/N-ethyl adjacent to an activating group) is 1. The van der Waals surface area contributed by atoms with Crippen molar-refractivity contribution in [2.45, 2.75) is 32.4 Å². The van der Waals surface area contributed by atoms with Crippen LogP contribution in [0.15, 0.2) is 60.0 Å². The van der Waals surface area contributed by atoms with Gasteiger partial charge < -0.3 is 15.0 Å². The normalized spacial score (nSPS) is 12.9. The van der Waals surface area contributed by atoms with Crippen LogP contribution in [0.5, 0.6) is 5.75 Å². The number of urea groups is 1. The van der Waals surface area contributed by atoms with Crippen molar-refractivity contribution in [2.75, 3.05) is 19.1 Å². The lowest BCUT2D eigenvalue weighted by Crippen LogP contribution is -2.54. The van der Waals surface area contributed by atoms with Crippen LogP contribution in [-0.2, 0) is 21.4 Å². The Morgan fingerprint density at radius 1 is 1.11 bits per heavy atom. The van der Waals surface area contributed by atoms with Gasteiger partial charge in [0, 0.05) is 24.5 Å². The van der Waals surface area contributed by atoms with Crippen LogP contribution in [0.3, 0.4) is 0 Å². The summed E-state index contributed by atoms with van der Waals surface area (Å²) in [4.78, 5) is 31.7. The zero-order valence-corrected chi connectivity index (χ0v) is 22.0. The van der Waals surface area contributed by atoms with E-state index in [9.17, 15) is 18.0 Å². The topological polar surface area (TPSA) is 130 Å². The van der Waals surface area contributed by atoms with Gasteiger partial charge in [0.2, 0.25) is 5.91 Å². The molecule has 2 atom stereocenters. The summed E-state index contributed by atoms with van der Waals surface area (Å²) in [5.74, 6) is 0.216. The van der Waals surface area contributed by atoms with Crippen LogP contribution in [0, 0.1) is 6.92 Å². The van der Waals surface area contributed by atoms with E-state index in [0.29, 0.717) is 17.1 Å². The maximum absolute atomic E-state index is 13.3. The first kappa shape index (κ1) is 27.1. The van der Waals surface area contributed by atoms with Crippen molar-refractivity contribution in [3.05, 3.63) is 76.2 Å². The maximum Gasteiger partial charge on any atom is 0.330 e. The summed E-state index contributed by atoms with van der Waals surface area (Å²) in [5.41, 5.74) is 1.93. The zero-order valence-electron chi connectivity index (χ0n) is 20.4. The number of ether oxygens (including phenoxy) is 1. The monoisotopic (exact) mass is 531 g/mol. The molecule has 0 bridgehead atoms. The Hall–Kier alpha value is -3.48. The van der Waals surface area contributed by atoms with E-state index < -0.39 is 34.2 Å². The van der Waals surface area contributed by atoms with Crippen LogP contribution in [0.1, 0.15) is 29.2 Å². The second-order valence-corrected chi connectivity index (χ2v) is 10.6. The number of nitrogens with zero attached hydrogens (tertiary/aromatic N) is 2. The fourth-order valence-electron chi connectivity index (χ4n) is 3.43. The first-order valence-electron chi connectivity index (χ1n) is 11.1. The van der Waals surface area contributed by atoms with Crippen molar-refractivity contribution in [3.8, 4) is 5.75 Å². The number of aromatic nitrogens is 1. The van der Waals surface area contributed by atoms with Crippen LogP contribution >= 0.6 is 11.3 Å². The highest BCUT2D eigenvalue weighted by molar-refractivity contribution is 7.88. The molecule has 0 radical (unpaired) electrons. The fourth-order valence-corrected chi connectivity index (χ4v) is 5.08. The second-order valence-electron chi connectivity index (χ2n) is 8.05. The zero-order chi connectivity index (χ0) is 26.3. The van der Waals surface area contributed by atoms with Gasteiger partial charge in [-0.2, -0.15) is 13.1 Å². The lowest BCUT2D eigenvalue weighted by molar-refractivity contribution is -0.120. The summed E-state index contributed by atoms with van der Waals surface area (Å²) >= 11 is 1.39. The highest BCUT2D eigenvalue weighted by Crippen LogP contribution is 2.20. The highest BCUT2D eigenvalue weighted by atomic mass is 32.2. The maximum atomic E-state index is 13.3. The highest BCUT2D eigenvalue weighted by Gasteiger charge is 2.27. The van der Waals surface area contributed by atoms with Gasteiger partial charge >= 0.3 is 16.2 Å². The third-order valence-electron chi connectivity index (χ3n) is 5.32. The molecule has 3 N–H and O–H groups in total. The van der Waals surface area contributed by atoms with Gasteiger partial charge in [0.05, 0.1) is 23.9 Å². The van der Waals surface area contributed by atoms with Gasteiger partial charge in [0.1, 0.15) is 11.8 Å². The van der Waals surface area contributed by atoms with E-state index in [1.807, 2.05) is 42.0 Å². The van der Waals surface area contributed by atoms with E-state index in [-0.39, 0.29) is 6.42 Å². The molecule has 0 saturated carbocycles. The molecule has 2 aromatic carbocycles. The molecule has 36 heavy (non-hydrogen) atoms. The molecule has 0 saturated heterocycles. The Bertz CT molecular complexity index is 1280. The van der Waals surface area contributed by atoms with E-state index in [2.05, 4.69) is 15.0 Å². The molecule has 0 aliphatic carbocycles. The lowest BCUT2D eigenvalue weighted by Gasteiger charge is -2.25. The molecular formula is C24H29N5O5S2. The van der Waals surface area contributed by atoms with E-state index in [1.54, 1.807) is 50.7 Å². The van der Waals surface area contributed by atoms with Crippen LogP contribution in [0.4, 0.5) is 10.5 Å². The van der Waals surface area contributed by atoms with Crippen LogP contribution in [0.25, 0.3) is 0 Å². The number of nitrogens with one attached hydrogen (secondary N) is 3. The van der Waals surface area contributed by atoms with E-state index in [4.69, 9.17) is 4.74 Å². The molecule has 3 amide bonds. The summed E-state index contributed by atoms with van der Waals surface area (Å²) in [5, 5.41) is 5.05. The molecule has 3 aromatic rings. The molecule has 0 aliphatic heterocycles. The van der Waals surface area contributed by atoms with Gasteiger partial charge in [-0.3, -0.25) is 4.79 Å². The van der Waals surface area contributed by atoms with Crippen molar-refractivity contribution in [1.82, 2.24) is 19.7 Å². The van der Waals surface area contributed by atoms with Gasteiger partial charge in [-0.25, -0.2) is 14.5 Å². The molecule has 3 rings (SSSR count). The van der Waals surface area contributed by atoms with Crippen molar-refractivity contribution < 1.29 is 22.7 Å². The van der Waals surface area contributed by atoms with E-state index >= 15 is 0 Å². The van der Waals surface area contributed by atoms with Crippen molar-refractivity contribution >= 4 is 39.2 Å². The van der Waals surface area contributed by atoms with Gasteiger partial charge in [0.15, 0.2) is 0 Å². The number of carbonyl (C=O) groups is 2. The fraction of sp³-hybridized carbons (Fsp3) is 0.292. The predicted octanol–water partition coefficient (Wildman–Crippen LogP) is 2.93. The minimum Gasteiger partial charge on any atom is -0.497 e. The first-order chi connectivity index (χ1) is 17.1. The SMILES string of the molecule is COc1ccc(N(C)C(=O)[C@H](Cc2ccccc2)NC(=O)NS(=O)(=O)NC(C)c2csc(C)n2)cc1. The van der Waals surface area contributed by atoms with Gasteiger partial charge in [-0.1, -0.05) is 30.3 Å². The summed E-state index contributed by atoms with van der Waals surface area (Å²) in [6.45, 7) is 3.44. The average Bonchev–Trinajstić information content (AvgIpc) is 3.29. The Kier molecular flexibility index (Phi) is 9.02. The number of methoxy groups -OCH3 is 1. The number of hydrogen-bond acceptors (Lipinski definition) is 7. The van der Waals surface area contributed by atoms with Gasteiger partial charge in [-0.05, 0) is 43.7 Å². The van der Waals surface area contributed by atoms with Gasteiger partial charge in [0.25, 0.3) is 0 Å². The lowest BCUT2D eigenvalue weighted by atomic mass is 10.0. The summed E-state index contributed by atoms with van der Waals surface area (Å²) in [6.07, 6.45) is 0.162. The van der Waals surface area contributed by atoms with Crippen LogP contribution in [-0.4, -0.2) is 45.5 Å². The molecule has 0 fully saturated rings. The average molecular weight is 532 g/mol. The number of hydrogen-bond donors (Lipinski definition) is 3. The van der Waals surface area contributed by atoms with Crippen molar-refractivity contribution in [1.29, 1.82) is 0 Å². The van der Waals surface area contributed by atoms with Gasteiger partial charge in [-0.15, -0.1) is 11.3 Å². The number of aryl methyl sites for hydroxylation is 1. The minimum atomic E-state index is -4.23. The van der Waals surface area contributed by atoms with Crippen molar-refractivity contribution in [3.63, 3.8) is 0 Å². The molecule has 0 spiro atoms.